The lowest BCUT2D eigenvalue weighted by Crippen LogP contribution is -2.14. The van der Waals surface area contributed by atoms with Crippen LogP contribution in [0.5, 0.6) is 0 Å². The predicted octanol–water partition coefficient (Wildman–Crippen LogP) is 5.33. The van der Waals surface area contributed by atoms with Gasteiger partial charge in [0.1, 0.15) is 0 Å². The van der Waals surface area contributed by atoms with E-state index in [1.54, 1.807) is 0 Å². The summed E-state index contributed by atoms with van der Waals surface area (Å²) in [5.74, 6) is 0. The van der Waals surface area contributed by atoms with E-state index in [2.05, 4.69) is 30.4 Å². The molecule has 164 valence electrons. The van der Waals surface area contributed by atoms with Crippen molar-refractivity contribution in [2.75, 3.05) is 17.2 Å². The van der Waals surface area contributed by atoms with Crippen molar-refractivity contribution >= 4 is 28.2 Å². The molecule has 1 aliphatic rings. The third-order valence-corrected chi connectivity index (χ3v) is 5.50. The van der Waals surface area contributed by atoms with E-state index in [1.807, 2.05) is 84.9 Å². The fraction of sp³-hybridized carbons (Fsp3) is 0.0345. The number of nitrogens with two attached hydrogens (primary N) is 4. The van der Waals surface area contributed by atoms with Crippen molar-refractivity contribution < 1.29 is 0 Å². The number of rotatable bonds is 5. The maximum atomic E-state index is 5.99. The molecule has 0 amide bonds. The molecule has 0 heterocycles. The average molecular weight is 433 g/mol. The maximum absolute atomic E-state index is 5.99. The van der Waals surface area contributed by atoms with E-state index in [1.165, 1.54) is 0 Å². The van der Waals surface area contributed by atoms with Crippen LogP contribution >= 0.6 is 0 Å². The summed E-state index contributed by atoms with van der Waals surface area (Å²) in [6.45, 7) is 0. The first-order valence-electron chi connectivity index (χ1n) is 10.8. The second-order valence-electron chi connectivity index (χ2n) is 7.97. The van der Waals surface area contributed by atoms with Crippen molar-refractivity contribution in [3.63, 3.8) is 0 Å². The molecule has 0 radical (unpaired) electrons. The molecule has 33 heavy (non-hydrogen) atoms. The van der Waals surface area contributed by atoms with E-state index < -0.39 is 0 Å². The molecule has 0 bridgehead atoms. The molecule has 0 fully saturated rings. The van der Waals surface area contributed by atoms with Gasteiger partial charge in [0.05, 0.1) is 0 Å². The number of benzene rings is 3. The molecule has 8 N–H and O–H groups in total. The van der Waals surface area contributed by atoms with E-state index >= 15 is 0 Å². The van der Waals surface area contributed by atoms with Crippen molar-refractivity contribution in [3.05, 3.63) is 138 Å². The summed E-state index contributed by atoms with van der Waals surface area (Å²) in [5.41, 5.74) is 32.4. The van der Waals surface area contributed by atoms with Gasteiger partial charge in [-0.05, 0) is 69.8 Å². The first kappa shape index (κ1) is 21.9. The summed E-state index contributed by atoms with van der Waals surface area (Å²) in [5, 5.41) is 0. The minimum absolute atomic E-state index is 0.0621. The van der Waals surface area contributed by atoms with Crippen LogP contribution in [0.2, 0.25) is 0 Å². The zero-order valence-electron chi connectivity index (χ0n) is 18.4. The van der Waals surface area contributed by atoms with Gasteiger partial charge in [-0.3, -0.25) is 0 Å². The third-order valence-electron chi connectivity index (χ3n) is 5.50. The van der Waals surface area contributed by atoms with Crippen molar-refractivity contribution in [1.82, 2.24) is 0 Å². The van der Waals surface area contributed by atoms with Gasteiger partial charge in [0.25, 0.3) is 0 Å². The standard InChI is InChI=1S/C29H28N4/c30-24-12-4-20(5-13-24)28(21-6-14-25(31)15-7-21)2-1-3-29(22-8-16-26(32)17-9-22)23-10-18-27(33)19-11-23/h1-19,24H,30-33H2. The topological polar surface area (TPSA) is 104 Å². The predicted molar refractivity (Wildman–Crippen MR) is 142 cm³/mol. The summed E-state index contributed by atoms with van der Waals surface area (Å²) >= 11 is 0. The van der Waals surface area contributed by atoms with Crippen LogP contribution in [0.1, 0.15) is 16.7 Å². The van der Waals surface area contributed by atoms with Gasteiger partial charge in [-0.25, -0.2) is 0 Å². The SMILES string of the molecule is Nc1ccc(C(=CC=CC(=C2C=CC(N)C=C2)c2ccc(N)cc2)c2ccc(N)cc2)cc1. The highest BCUT2D eigenvalue weighted by atomic mass is 14.6. The van der Waals surface area contributed by atoms with Gasteiger partial charge in [0.15, 0.2) is 0 Å². The van der Waals surface area contributed by atoms with Crippen LogP contribution < -0.4 is 22.9 Å². The Bertz CT molecular complexity index is 1190. The Morgan fingerprint density at radius 3 is 1.48 bits per heavy atom. The number of hydrogen-bond acceptors (Lipinski definition) is 4. The molecule has 0 spiro atoms. The quantitative estimate of drug-likeness (QED) is 0.323. The van der Waals surface area contributed by atoms with E-state index in [4.69, 9.17) is 22.9 Å². The Balaban J connectivity index is 1.77. The molecule has 3 aromatic rings. The highest BCUT2D eigenvalue weighted by Crippen LogP contribution is 2.28. The van der Waals surface area contributed by atoms with Gasteiger partial charge in [-0.2, -0.15) is 0 Å². The van der Waals surface area contributed by atoms with E-state index in [0.29, 0.717) is 0 Å². The fourth-order valence-corrected chi connectivity index (χ4v) is 3.68. The second-order valence-corrected chi connectivity index (χ2v) is 7.97. The number of nitrogen functional groups attached to an aromatic ring is 3. The van der Waals surface area contributed by atoms with Gasteiger partial charge in [-0.1, -0.05) is 78.9 Å². The molecule has 4 nitrogen and oxygen atoms in total. The summed E-state index contributed by atoms with van der Waals surface area (Å²) in [7, 11) is 0. The molecule has 0 saturated heterocycles. The lowest BCUT2D eigenvalue weighted by molar-refractivity contribution is 1.02. The molecule has 0 atom stereocenters. The zero-order valence-corrected chi connectivity index (χ0v) is 18.4. The molecular weight excluding hydrogens is 404 g/mol. The summed E-state index contributed by atoms with van der Waals surface area (Å²) in [4.78, 5) is 0. The molecule has 0 aliphatic heterocycles. The van der Waals surface area contributed by atoms with E-state index in [0.717, 1.165) is 50.5 Å². The lowest BCUT2D eigenvalue weighted by atomic mass is 9.94. The van der Waals surface area contributed by atoms with Crippen LogP contribution in [0, 0.1) is 0 Å². The summed E-state index contributed by atoms with van der Waals surface area (Å²) in [6, 6.07) is 23.6. The minimum Gasteiger partial charge on any atom is -0.399 e. The van der Waals surface area contributed by atoms with Crippen LogP contribution in [0.15, 0.2) is 121 Å². The Hall–Kier alpha value is -4.28. The maximum Gasteiger partial charge on any atom is 0.0416 e. The molecular formula is C29H28N4. The fourth-order valence-electron chi connectivity index (χ4n) is 3.68. The third kappa shape index (κ3) is 5.50. The first-order chi connectivity index (χ1) is 16.0. The Labute approximate surface area is 194 Å². The second kappa shape index (κ2) is 9.90. The average Bonchev–Trinajstić information content (AvgIpc) is 2.82. The summed E-state index contributed by atoms with van der Waals surface area (Å²) in [6.07, 6.45) is 14.4. The normalized spacial score (nSPS) is 15.1. The monoisotopic (exact) mass is 432 g/mol. The number of anilines is 3. The molecule has 0 saturated carbocycles. The molecule has 4 heteroatoms. The van der Waals surface area contributed by atoms with Crippen LogP contribution in [-0.4, -0.2) is 6.04 Å². The van der Waals surface area contributed by atoms with Crippen molar-refractivity contribution in [2.45, 2.75) is 6.04 Å². The van der Waals surface area contributed by atoms with Gasteiger partial charge >= 0.3 is 0 Å². The Morgan fingerprint density at radius 2 is 1.03 bits per heavy atom. The Morgan fingerprint density at radius 1 is 0.606 bits per heavy atom. The highest BCUT2D eigenvalue weighted by Gasteiger charge is 2.08. The van der Waals surface area contributed by atoms with E-state index in [9.17, 15) is 0 Å². The Kier molecular flexibility index (Phi) is 6.58. The van der Waals surface area contributed by atoms with Gasteiger partial charge in [0, 0.05) is 23.1 Å². The van der Waals surface area contributed by atoms with Crippen molar-refractivity contribution in [3.8, 4) is 0 Å². The zero-order chi connectivity index (χ0) is 23.2. The molecule has 1 aliphatic carbocycles. The van der Waals surface area contributed by atoms with Crippen LogP contribution in [-0.2, 0) is 0 Å². The van der Waals surface area contributed by atoms with Crippen molar-refractivity contribution in [2.24, 2.45) is 5.73 Å². The van der Waals surface area contributed by atoms with Gasteiger partial charge < -0.3 is 22.9 Å². The highest BCUT2D eigenvalue weighted by molar-refractivity contribution is 5.84. The van der Waals surface area contributed by atoms with Crippen LogP contribution in [0.4, 0.5) is 17.1 Å². The molecule has 0 unspecified atom stereocenters. The molecule has 3 aromatic carbocycles. The number of allylic oxidation sites excluding steroid dienone is 7. The molecule has 4 rings (SSSR count). The van der Waals surface area contributed by atoms with Crippen LogP contribution in [0.3, 0.4) is 0 Å². The number of hydrogen-bond donors (Lipinski definition) is 4. The van der Waals surface area contributed by atoms with Crippen LogP contribution in [0.25, 0.3) is 11.1 Å². The largest absolute Gasteiger partial charge is 0.399 e. The summed E-state index contributed by atoms with van der Waals surface area (Å²) < 4.78 is 0. The van der Waals surface area contributed by atoms with Gasteiger partial charge in [-0.15, -0.1) is 0 Å². The molecule has 0 aromatic heterocycles. The lowest BCUT2D eigenvalue weighted by Gasteiger charge is -2.12. The minimum atomic E-state index is -0.0621. The van der Waals surface area contributed by atoms with Crippen molar-refractivity contribution in [1.29, 1.82) is 0 Å². The van der Waals surface area contributed by atoms with Gasteiger partial charge in [0.2, 0.25) is 0 Å². The van der Waals surface area contributed by atoms with E-state index in [-0.39, 0.29) is 6.04 Å². The smallest absolute Gasteiger partial charge is 0.0416 e. The first-order valence-corrected chi connectivity index (χ1v) is 10.8.